The van der Waals surface area contributed by atoms with Crippen LogP contribution in [0.5, 0.6) is 0 Å². The first-order valence-electron chi connectivity index (χ1n) is 12.1. The minimum absolute atomic E-state index is 0.0110. The lowest BCUT2D eigenvalue weighted by Gasteiger charge is -2.27. The van der Waals surface area contributed by atoms with Crippen LogP contribution in [0.1, 0.15) is 31.7 Å². The van der Waals surface area contributed by atoms with Gasteiger partial charge in [0, 0.05) is 38.7 Å². The Balaban J connectivity index is 1.39. The summed E-state index contributed by atoms with van der Waals surface area (Å²) in [7, 11) is 3.32. The number of carbonyl (C=O) groups is 2. The predicted octanol–water partition coefficient (Wildman–Crippen LogP) is 2.75. The summed E-state index contributed by atoms with van der Waals surface area (Å²) in [5, 5.41) is 4.10. The van der Waals surface area contributed by atoms with Crippen molar-refractivity contribution >= 4 is 18.2 Å². The Morgan fingerprint density at radius 3 is 2.68 bits per heavy atom. The van der Waals surface area contributed by atoms with Gasteiger partial charge in [0.05, 0.1) is 12.5 Å². The molecular weight excluding hydrogens is 492 g/mol. The van der Waals surface area contributed by atoms with Crippen LogP contribution in [0.4, 0.5) is 17.6 Å². The zero-order valence-electron chi connectivity index (χ0n) is 20.8. The van der Waals surface area contributed by atoms with E-state index in [0.29, 0.717) is 30.8 Å². The number of amides is 2. The Hall–Kier alpha value is -3.41. The molecule has 2 aliphatic heterocycles. The molecule has 1 saturated carbocycles. The van der Waals surface area contributed by atoms with Crippen LogP contribution in [-0.4, -0.2) is 71.7 Å². The van der Waals surface area contributed by atoms with Crippen molar-refractivity contribution in [2.24, 2.45) is 10.9 Å². The van der Waals surface area contributed by atoms with Crippen molar-refractivity contribution < 1.29 is 27.2 Å². The molecule has 2 amide bonds. The van der Waals surface area contributed by atoms with E-state index in [1.807, 2.05) is 6.92 Å². The fourth-order valence-corrected chi connectivity index (χ4v) is 4.43. The van der Waals surface area contributed by atoms with Crippen molar-refractivity contribution in [1.29, 1.82) is 0 Å². The smallest absolute Gasteiger partial charge is 0.261 e. The number of nitrogens with one attached hydrogen (secondary N) is 2. The van der Waals surface area contributed by atoms with Gasteiger partial charge in [0.1, 0.15) is 29.8 Å². The summed E-state index contributed by atoms with van der Waals surface area (Å²) in [6.45, 7) is 2.29. The summed E-state index contributed by atoms with van der Waals surface area (Å²) < 4.78 is 54.6. The molecule has 1 aromatic rings. The van der Waals surface area contributed by atoms with Gasteiger partial charge >= 0.3 is 0 Å². The molecule has 2 N–H and O–H groups in total. The Morgan fingerprint density at radius 1 is 1.30 bits per heavy atom. The van der Waals surface area contributed by atoms with Gasteiger partial charge in [0.15, 0.2) is 6.17 Å². The quantitative estimate of drug-likeness (QED) is 0.539. The van der Waals surface area contributed by atoms with Gasteiger partial charge in [-0.2, -0.15) is 0 Å². The van der Waals surface area contributed by atoms with E-state index in [0.717, 1.165) is 12.1 Å². The molecule has 0 spiro atoms. The second kappa shape index (κ2) is 10.5. The number of carbonyl (C=O) groups excluding carboxylic acids is 2. The van der Waals surface area contributed by atoms with E-state index in [9.17, 15) is 27.2 Å². The van der Waals surface area contributed by atoms with Crippen molar-refractivity contribution in [1.82, 2.24) is 25.6 Å². The first-order valence-corrected chi connectivity index (χ1v) is 12.1. The van der Waals surface area contributed by atoms with Crippen molar-refractivity contribution in [2.45, 2.75) is 50.9 Å². The zero-order valence-corrected chi connectivity index (χ0v) is 20.8. The molecule has 2 heterocycles. The highest BCUT2D eigenvalue weighted by molar-refractivity contribution is 5.91. The molecule has 1 aromatic carbocycles. The second-order valence-corrected chi connectivity index (χ2v) is 9.46. The highest BCUT2D eigenvalue weighted by atomic mass is 19.3. The minimum Gasteiger partial charge on any atom is -0.361 e. The molecule has 4 rings (SSSR count). The zero-order chi connectivity index (χ0) is 26.9. The van der Waals surface area contributed by atoms with Crippen LogP contribution in [0, 0.1) is 17.6 Å². The maximum absolute atomic E-state index is 13.9. The Bertz CT molecular complexity index is 1150. The molecule has 12 heteroatoms. The van der Waals surface area contributed by atoms with Crippen LogP contribution in [0.25, 0.3) is 0 Å². The van der Waals surface area contributed by atoms with Crippen molar-refractivity contribution in [2.75, 3.05) is 20.6 Å². The maximum Gasteiger partial charge on any atom is 0.261 e. The van der Waals surface area contributed by atoms with Gasteiger partial charge in [-0.3, -0.25) is 19.5 Å². The number of halogens is 4. The number of rotatable bonds is 7. The van der Waals surface area contributed by atoms with E-state index in [1.165, 1.54) is 22.3 Å². The number of nitrogens with zero attached hydrogens (tertiary/aromatic N) is 4. The molecule has 0 radical (unpaired) electrons. The molecule has 8 nitrogen and oxygen atoms in total. The summed E-state index contributed by atoms with van der Waals surface area (Å²) in [6, 6.07) is 2.37. The van der Waals surface area contributed by atoms with Crippen LogP contribution in [0.3, 0.4) is 0 Å². The number of allylic oxidation sites excluding steroid dienone is 3. The summed E-state index contributed by atoms with van der Waals surface area (Å²) in [4.78, 5) is 33.3. The van der Waals surface area contributed by atoms with Gasteiger partial charge in [-0.25, -0.2) is 28.0 Å². The number of hydrogen-bond donors (Lipinski definition) is 2. The monoisotopic (exact) mass is 522 g/mol. The predicted molar refractivity (Wildman–Crippen MR) is 129 cm³/mol. The minimum atomic E-state index is -2.73. The van der Waals surface area contributed by atoms with Crippen LogP contribution in [0.2, 0.25) is 0 Å². The van der Waals surface area contributed by atoms with Crippen molar-refractivity contribution in [3.8, 4) is 0 Å². The Kier molecular flexibility index (Phi) is 7.58. The van der Waals surface area contributed by atoms with E-state index in [-0.39, 0.29) is 24.4 Å². The highest BCUT2D eigenvalue weighted by Crippen LogP contribution is 2.53. The SMILES string of the molecule is CC/C=C(\C=C1/N(C)CC[C@H](NC(=O)C2N=CN(Cc3ccc(F)cc3F)N2)C(=O)N1C)[C@@H]1CC1(F)F. The molecule has 3 atom stereocenters. The lowest BCUT2D eigenvalue weighted by molar-refractivity contribution is -0.134. The lowest BCUT2D eigenvalue weighted by Crippen LogP contribution is -2.52. The number of likely N-dealkylation sites (N-methyl/N-ethyl adjacent to an activating group) is 1. The van der Waals surface area contributed by atoms with Crippen LogP contribution in [0.15, 0.2) is 46.7 Å². The average Bonchev–Trinajstić information content (AvgIpc) is 3.26. The fraction of sp³-hybridized carbons (Fsp3) is 0.480. The summed E-state index contributed by atoms with van der Waals surface area (Å²) in [5.41, 5.74) is 3.52. The van der Waals surface area contributed by atoms with E-state index in [1.54, 1.807) is 31.1 Å². The van der Waals surface area contributed by atoms with Gasteiger partial charge in [-0.15, -0.1) is 0 Å². The van der Waals surface area contributed by atoms with Crippen LogP contribution >= 0.6 is 0 Å². The lowest BCUT2D eigenvalue weighted by atomic mass is 10.1. The third-order valence-corrected chi connectivity index (χ3v) is 6.64. The third kappa shape index (κ3) is 5.95. The van der Waals surface area contributed by atoms with Crippen molar-refractivity contribution in [3.05, 3.63) is 58.9 Å². The normalized spacial score (nSPS) is 26.6. The molecule has 37 heavy (non-hydrogen) atoms. The number of alkyl halides is 2. The highest BCUT2D eigenvalue weighted by Gasteiger charge is 2.58. The second-order valence-electron chi connectivity index (χ2n) is 9.46. The molecule has 200 valence electrons. The summed E-state index contributed by atoms with van der Waals surface area (Å²) in [5.74, 6) is -5.44. The molecule has 0 aromatic heterocycles. The fourth-order valence-electron chi connectivity index (χ4n) is 4.43. The Morgan fingerprint density at radius 2 is 2.03 bits per heavy atom. The van der Waals surface area contributed by atoms with Gasteiger partial charge in [0.2, 0.25) is 5.91 Å². The van der Waals surface area contributed by atoms with Gasteiger partial charge < -0.3 is 10.2 Å². The molecule has 1 saturated heterocycles. The molecule has 1 aliphatic carbocycles. The van der Waals surface area contributed by atoms with Crippen LogP contribution in [-0.2, 0) is 16.1 Å². The largest absolute Gasteiger partial charge is 0.361 e. The third-order valence-electron chi connectivity index (χ3n) is 6.64. The molecule has 0 bridgehead atoms. The molecule has 3 aliphatic rings. The average molecular weight is 523 g/mol. The van der Waals surface area contributed by atoms with Gasteiger partial charge in [-0.1, -0.05) is 19.1 Å². The van der Waals surface area contributed by atoms with E-state index >= 15 is 0 Å². The van der Waals surface area contributed by atoms with Crippen molar-refractivity contribution in [3.63, 3.8) is 0 Å². The van der Waals surface area contributed by atoms with E-state index in [2.05, 4.69) is 15.7 Å². The number of hydrazine groups is 1. The standard InChI is InChI=1S/C25H30F4N6O2/c1-4-5-15(18-12-25(18,28)29)10-21-33(2)9-8-20(24(37)34(21)3)31-23(36)22-30-14-35(32-22)13-16-6-7-17(26)11-19(16)27/h5-7,10-11,14,18,20,22,32H,4,8-9,12-13H2,1-3H3,(H,31,36)/b15-5+,21-10+/t18-,20-,22?/m0/s1. The van der Waals surface area contributed by atoms with E-state index in [4.69, 9.17) is 0 Å². The Labute approximate surface area is 212 Å². The first-order chi connectivity index (χ1) is 17.5. The van der Waals surface area contributed by atoms with Gasteiger partial charge in [-0.05, 0) is 30.6 Å². The summed E-state index contributed by atoms with van der Waals surface area (Å²) >= 11 is 0. The number of hydrogen-bond acceptors (Lipinski definition) is 6. The number of benzene rings is 1. The number of aliphatic imine (C=N–C) groups is 1. The molecular formula is C25H30F4N6O2. The topological polar surface area (TPSA) is 80.3 Å². The maximum atomic E-state index is 13.9. The van der Waals surface area contributed by atoms with E-state index < -0.39 is 41.6 Å². The molecule has 1 unspecified atom stereocenters. The molecule has 2 fully saturated rings. The van der Waals surface area contributed by atoms with Crippen LogP contribution < -0.4 is 10.7 Å². The first kappa shape index (κ1) is 26.6. The summed E-state index contributed by atoms with van der Waals surface area (Å²) in [6.07, 6.45) is 4.37. The van der Waals surface area contributed by atoms with Gasteiger partial charge in [0.25, 0.3) is 11.8 Å².